The maximum absolute atomic E-state index is 12.5. The highest BCUT2D eigenvalue weighted by molar-refractivity contribution is 6.05. The summed E-state index contributed by atoms with van der Waals surface area (Å²) in [6.45, 7) is 3.80. The zero-order valence-corrected chi connectivity index (χ0v) is 15.8. The Morgan fingerprint density at radius 1 is 0.857 bits per heavy atom. The average molecular weight is 376 g/mol. The molecule has 0 spiro atoms. The molecule has 0 bridgehead atoms. The second kappa shape index (κ2) is 8.30. The molecule has 0 aliphatic carbocycles. The van der Waals surface area contributed by atoms with Gasteiger partial charge in [-0.05, 0) is 56.3 Å². The van der Waals surface area contributed by atoms with Crippen molar-refractivity contribution in [2.24, 2.45) is 0 Å². The van der Waals surface area contributed by atoms with Gasteiger partial charge < -0.3 is 15.4 Å². The van der Waals surface area contributed by atoms with E-state index in [0.717, 1.165) is 17.1 Å². The fourth-order valence-corrected chi connectivity index (χ4v) is 2.69. The Labute approximate surface area is 162 Å². The SMILES string of the molecule is COC(=O)c1cccc(C(=O)Nc2cccc(Nc3nc(C)cc(C)n3)c2)c1. The highest BCUT2D eigenvalue weighted by Gasteiger charge is 2.11. The number of carbonyl (C=O) groups excluding carboxylic acids is 2. The molecule has 1 heterocycles. The number of aryl methyl sites for hydroxylation is 2. The van der Waals surface area contributed by atoms with Crippen LogP contribution >= 0.6 is 0 Å². The van der Waals surface area contributed by atoms with Gasteiger partial charge in [0.05, 0.1) is 12.7 Å². The summed E-state index contributed by atoms with van der Waals surface area (Å²) in [5.74, 6) is -0.327. The van der Waals surface area contributed by atoms with Gasteiger partial charge in [0.2, 0.25) is 5.95 Å². The van der Waals surface area contributed by atoms with E-state index in [4.69, 9.17) is 0 Å². The quantitative estimate of drug-likeness (QED) is 0.657. The summed E-state index contributed by atoms with van der Waals surface area (Å²) >= 11 is 0. The van der Waals surface area contributed by atoms with E-state index in [0.29, 0.717) is 22.8 Å². The maximum Gasteiger partial charge on any atom is 0.337 e. The smallest absolute Gasteiger partial charge is 0.337 e. The first-order valence-electron chi connectivity index (χ1n) is 8.64. The van der Waals surface area contributed by atoms with E-state index in [2.05, 4.69) is 25.3 Å². The number of esters is 1. The van der Waals surface area contributed by atoms with Crippen LogP contribution in [0.1, 0.15) is 32.1 Å². The lowest BCUT2D eigenvalue weighted by molar-refractivity contribution is 0.0600. The fraction of sp³-hybridized carbons (Fsp3) is 0.143. The lowest BCUT2D eigenvalue weighted by Gasteiger charge is -2.10. The van der Waals surface area contributed by atoms with Crippen molar-refractivity contribution < 1.29 is 14.3 Å². The minimum Gasteiger partial charge on any atom is -0.465 e. The Balaban J connectivity index is 1.75. The Kier molecular flexibility index (Phi) is 5.64. The summed E-state index contributed by atoms with van der Waals surface area (Å²) in [6.07, 6.45) is 0. The van der Waals surface area contributed by atoms with Crippen molar-refractivity contribution in [2.45, 2.75) is 13.8 Å². The summed E-state index contributed by atoms with van der Waals surface area (Å²) < 4.78 is 4.69. The van der Waals surface area contributed by atoms with Crippen LogP contribution in [-0.4, -0.2) is 29.0 Å². The van der Waals surface area contributed by atoms with Crippen LogP contribution in [0.2, 0.25) is 0 Å². The van der Waals surface area contributed by atoms with Crippen molar-refractivity contribution in [2.75, 3.05) is 17.7 Å². The molecule has 2 N–H and O–H groups in total. The molecule has 1 aromatic heterocycles. The van der Waals surface area contributed by atoms with Gasteiger partial charge in [-0.1, -0.05) is 12.1 Å². The number of rotatable bonds is 5. The van der Waals surface area contributed by atoms with Crippen LogP contribution in [0.5, 0.6) is 0 Å². The molecule has 2 aromatic carbocycles. The number of amides is 1. The highest BCUT2D eigenvalue weighted by atomic mass is 16.5. The molecule has 0 atom stereocenters. The lowest BCUT2D eigenvalue weighted by Crippen LogP contribution is -2.13. The fourth-order valence-electron chi connectivity index (χ4n) is 2.69. The van der Waals surface area contributed by atoms with Crippen molar-refractivity contribution >= 4 is 29.2 Å². The van der Waals surface area contributed by atoms with E-state index in [1.54, 1.807) is 30.3 Å². The molecule has 0 radical (unpaired) electrons. The molecule has 28 heavy (non-hydrogen) atoms. The molecule has 0 fully saturated rings. The molecule has 142 valence electrons. The summed E-state index contributed by atoms with van der Waals surface area (Å²) in [7, 11) is 1.30. The number of benzene rings is 2. The van der Waals surface area contributed by atoms with Crippen LogP contribution in [0.25, 0.3) is 0 Å². The Morgan fingerprint density at radius 2 is 1.50 bits per heavy atom. The van der Waals surface area contributed by atoms with Gasteiger partial charge in [-0.3, -0.25) is 4.79 Å². The minimum atomic E-state index is -0.491. The molecule has 0 saturated carbocycles. The van der Waals surface area contributed by atoms with Crippen LogP contribution in [0.15, 0.2) is 54.6 Å². The van der Waals surface area contributed by atoms with Crippen LogP contribution in [0, 0.1) is 13.8 Å². The maximum atomic E-state index is 12.5. The van der Waals surface area contributed by atoms with Crippen molar-refractivity contribution in [3.8, 4) is 0 Å². The zero-order valence-electron chi connectivity index (χ0n) is 15.8. The number of anilines is 3. The van der Waals surface area contributed by atoms with Crippen LogP contribution in [0.3, 0.4) is 0 Å². The van der Waals surface area contributed by atoms with E-state index in [1.807, 2.05) is 32.0 Å². The number of methoxy groups -OCH3 is 1. The zero-order chi connectivity index (χ0) is 20.1. The molecule has 1 amide bonds. The lowest BCUT2D eigenvalue weighted by atomic mass is 10.1. The first-order chi connectivity index (χ1) is 13.4. The second-order valence-corrected chi connectivity index (χ2v) is 6.21. The van der Waals surface area contributed by atoms with Gasteiger partial charge in [0, 0.05) is 28.3 Å². The first kappa shape index (κ1) is 19.0. The molecule has 0 aliphatic rings. The molecule has 7 nitrogen and oxygen atoms in total. The molecular formula is C21H20N4O3. The standard InChI is InChI=1S/C21H20N4O3/c1-13-10-14(2)23-21(22-13)25-18-9-5-8-17(12-18)24-19(26)15-6-4-7-16(11-15)20(27)28-3/h4-12H,1-3H3,(H,24,26)(H,22,23,25). The highest BCUT2D eigenvalue weighted by Crippen LogP contribution is 2.19. The molecule has 3 rings (SSSR count). The average Bonchev–Trinajstić information content (AvgIpc) is 2.67. The van der Waals surface area contributed by atoms with Gasteiger partial charge in [0.25, 0.3) is 5.91 Å². The molecular weight excluding hydrogens is 356 g/mol. The van der Waals surface area contributed by atoms with Crippen LogP contribution < -0.4 is 10.6 Å². The third-order valence-electron chi connectivity index (χ3n) is 3.90. The van der Waals surface area contributed by atoms with Crippen molar-refractivity contribution in [1.82, 2.24) is 9.97 Å². The van der Waals surface area contributed by atoms with Gasteiger partial charge in [-0.2, -0.15) is 0 Å². The summed E-state index contributed by atoms with van der Waals surface area (Å²) in [5, 5.41) is 5.96. The monoisotopic (exact) mass is 376 g/mol. The summed E-state index contributed by atoms with van der Waals surface area (Å²) in [6, 6.07) is 15.5. The molecule has 0 unspecified atom stereocenters. The summed E-state index contributed by atoms with van der Waals surface area (Å²) in [4.78, 5) is 32.9. The van der Waals surface area contributed by atoms with E-state index in [9.17, 15) is 9.59 Å². The van der Waals surface area contributed by atoms with Crippen LogP contribution in [-0.2, 0) is 4.74 Å². The van der Waals surface area contributed by atoms with Gasteiger partial charge in [-0.15, -0.1) is 0 Å². The molecule has 0 saturated heterocycles. The van der Waals surface area contributed by atoms with Gasteiger partial charge in [-0.25, -0.2) is 14.8 Å². The largest absolute Gasteiger partial charge is 0.465 e. The number of aromatic nitrogens is 2. The Bertz CT molecular complexity index is 1010. The second-order valence-electron chi connectivity index (χ2n) is 6.21. The normalized spacial score (nSPS) is 10.2. The minimum absolute atomic E-state index is 0.317. The van der Waals surface area contributed by atoms with Gasteiger partial charge in [0.15, 0.2) is 0 Å². The van der Waals surface area contributed by atoms with E-state index >= 15 is 0 Å². The predicted molar refractivity (Wildman–Crippen MR) is 107 cm³/mol. The van der Waals surface area contributed by atoms with Gasteiger partial charge >= 0.3 is 5.97 Å². The first-order valence-corrected chi connectivity index (χ1v) is 8.64. The third-order valence-corrected chi connectivity index (χ3v) is 3.90. The number of carbonyl (C=O) groups is 2. The Hall–Kier alpha value is -3.74. The molecule has 7 heteroatoms. The number of hydrogen-bond donors (Lipinski definition) is 2. The number of nitrogens with zero attached hydrogens (tertiary/aromatic N) is 2. The molecule has 0 aliphatic heterocycles. The summed E-state index contributed by atoms with van der Waals surface area (Å²) in [5.41, 5.74) is 3.75. The predicted octanol–water partition coefficient (Wildman–Crippen LogP) is 3.88. The van der Waals surface area contributed by atoms with Crippen molar-refractivity contribution in [3.05, 3.63) is 77.1 Å². The van der Waals surface area contributed by atoms with Crippen molar-refractivity contribution in [3.63, 3.8) is 0 Å². The third kappa shape index (κ3) is 4.70. The van der Waals surface area contributed by atoms with E-state index < -0.39 is 5.97 Å². The Morgan fingerprint density at radius 3 is 2.21 bits per heavy atom. The van der Waals surface area contributed by atoms with E-state index in [1.165, 1.54) is 13.2 Å². The number of ether oxygens (including phenoxy) is 1. The van der Waals surface area contributed by atoms with Crippen LogP contribution in [0.4, 0.5) is 17.3 Å². The number of hydrogen-bond acceptors (Lipinski definition) is 6. The van der Waals surface area contributed by atoms with E-state index in [-0.39, 0.29) is 5.91 Å². The number of nitrogens with one attached hydrogen (secondary N) is 2. The topological polar surface area (TPSA) is 93.2 Å². The van der Waals surface area contributed by atoms with Gasteiger partial charge in [0.1, 0.15) is 0 Å². The molecule has 3 aromatic rings. The van der Waals surface area contributed by atoms with Crippen molar-refractivity contribution in [1.29, 1.82) is 0 Å².